The van der Waals surface area contributed by atoms with Crippen molar-refractivity contribution in [3.8, 4) is 11.1 Å². The van der Waals surface area contributed by atoms with Crippen molar-refractivity contribution in [2.24, 2.45) is 0 Å². The fraction of sp³-hybridized carbons (Fsp3) is 0.303. The molecule has 1 saturated heterocycles. The lowest BCUT2D eigenvalue weighted by atomic mass is 9.99. The number of nitrogens with one attached hydrogen (secondary N) is 2. The van der Waals surface area contributed by atoms with Gasteiger partial charge < -0.3 is 24.5 Å². The number of aliphatic hydroxyl groups is 1. The molecule has 1 aromatic heterocycles. The maximum Gasteiger partial charge on any atom is 0.243 e. The number of ether oxygens (including phenoxy) is 2. The molecule has 4 aromatic rings. The zero-order valence-electron chi connectivity index (χ0n) is 24.4. The molecule has 0 saturated carbocycles. The molecule has 1 aliphatic rings. The third-order valence-electron chi connectivity index (χ3n) is 7.61. The molecule has 4 N–H and O–H groups in total. The molecule has 2 heterocycles. The molecule has 45 heavy (non-hydrogen) atoms. The minimum Gasteiger partial charge on any atom is -0.392 e. The number of aromatic nitrogens is 2. The second-order valence-corrected chi connectivity index (χ2v) is 11.5. The van der Waals surface area contributed by atoms with Crippen molar-refractivity contribution in [2.45, 2.75) is 63.9 Å². The maximum absolute atomic E-state index is 12.2. The fourth-order valence-electron chi connectivity index (χ4n) is 5.17. The molecule has 0 bridgehead atoms. The molecule has 10 nitrogen and oxygen atoms in total. The Bertz CT molecular complexity index is 1600. The zero-order valence-corrected chi connectivity index (χ0v) is 25.9. The van der Waals surface area contributed by atoms with Crippen LogP contribution in [0.2, 0.25) is 10.3 Å². The number of imidazole rings is 1. The number of hydrogen-bond acceptors (Lipinski definition) is 7. The van der Waals surface area contributed by atoms with E-state index in [4.69, 9.17) is 37.9 Å². The van der Waals surface area contributed by atoms with E-state index in [9.17, 15) is 14.7 Å². The van der Waals surface area contributed by atoms with Gasteiger partial charge in [0.25, 0.3) is 0 Å². The number of aliphatic hydroxyl groups excluding tert-OH is 1. The highest BCUT2D eigenvalue weighted by Crippen LogP contribution is 2.39. The number of carbonyl (C=O) groups is 2. The molecule has 236 valence electrons. The average Bonchev–Trinajstić information content (AvgIpc) is 3.39. The van der Waals surface area contributed by atoms with Gasteiger partial charge in [-0.15, -0.1) is 0 Å². The van der Waals surface area contributed by atoms with E-state index in [0.717, 1.165) is 33.4 Å². The van der Waals surface area contributed by atoms with E-state index < -0.39 is 12.2 Å². The van der Waals surface area contributed by atoms with Crippen LogP contribution >= 0.6 is 23.2 Å². The van der Waals surface area contributed by atoms with Gasteiger partial charge in [0.1, 0.15) is 5.15 Å². The van der Waals surface area contributed by atoms with Crippen LogP contribution < -0.4 is 10.8 Å². The van der Waals surface area contributed by atoms with Gasteiger partial charge in [-0.25, -0.2) is 10.5 Å². The molecule has 0 spiro atoms. The SMILES string of the molecule is O=C(CCCC(=O)NCc1cccc(-c2ccc(C3OC(Cn4cnc(Cl)c4Cl)CC(c4ccc(CO)cc4)O3)cc2)c1)NO. The van der Waals surface area contributed by atoms with Gasteiger partial charge in [-0.3, -0.25) is 14.8 Å². The van der Waals surface area contributed by atoms with Crippen molar-refractivity contribution in [1.29, 1.82) is 0 Å². The molecule has 3 unspecified atom stereocenters. The predicted molar refractivity (Wildman–Crippen MR) is 168 cm³/mol. The lowest BCUT2D eigenvalue weighted by molar-refractivity contribution is -0.252. The van der Waals surface area contributed by atoms with Crippen molar-refractivity contribution >= 4 is 35.0 Å². The summed E-state index contributed by atoms with van der Waals surface area (Å²) >= 11 is 12.4. The Hall–Kier alpha value is -3.77. The lowest BCUT2D eigenvalue weighted by Crippen LogP contribution is -2.32. The minimum atomic E-state index is -0.636. The van der Waals surface area contributed by atoms with Crippen LogP contribution in [0.5, 0.6) is 0 Å². The van der Waals surface area contributed by atoms with Crippen LogP contribution in [0.3, 0.4) is 0 Å². The van der Waals surface area contributed by atoms with E-state index in [-0.39, 0.29) is 42.7 Å². The normalized spacial score (nSPS) is 18.0. The van der Waals surface area contributed by atoms with Crippen LogP contribution in [-0.4, -0.2) is 37.8 Å². The number of halogens is 2. The van der Waals surface area contributed by atoms with Crippen molar-refractivity contribution in [3.63, 3.8) is 0 Å². The van der Waals surface area contributed by atoms with E-state index in [1.165, 1.54) is 0 Å². The number of benzene rings is 3. The monoisotopic (exact) mass is 652 g/mol. The number of nitrogens with zero attached hydrogens (tertiary/aromatic N) is 2. The highest BCUT2D eigenvalue weighted by molar-refractivity contribution is 6.40. The van der Waals surface area contributed by atoms with Crippen LogP contribution in [0.15, 0.2) is 79.1 Å². The van der Waals surface area contributed by atoms with Gasteiger partial charge in [-0.05, 0) is 40.3 Å². The van der Waals surface area contributed by atoms with Gasteiger partial charge in [-0.1, -0.05) is 89.9 Å². The number of amides is 2. The van der Waals surface area contributed by atoms with E-state index >= 15 is 0 Å². The summed E-state index contributed by atoms with van der Waals surface area (Å²) in [5.74, 6) is -0.677. The van der Waals surface area contributed by atoms with Gasteiger partial charge in [0.2, 0.25) is 11.8 Å². The van der Waals surface area contributed by atoms with E-state index in [2.05, 4.69) is 10.3 Å². The van der Waals surface area contributed by atoms with E-state index in [0.29, 0.717) is 31.1 Å². The Labute approximate surface area is 270 Å². The Morgan fingerprint density at radius 3 is 2.33 bits per heavy atom. The first kappa shape index (κ1) is 32.6. The summed E-state index contributed by atoms with van der Waals surface area (Å²) < 4.78 is 14.6. The molecular weight excluding hydrogens is 619 g/mol. The molecule has 12 heteroatoms. The minimum absolute atomic E-state index is 0.0304. The van der Waals surface area contributed by atoms with Gasteiger partial charge in [0.15, 0.2) is 11.4 Å². The third kappa shape index (κ3) is 8.70. The van der Waals surface area contributed by atoms with Crippen molar-refractivity contribution < 1.29 is 29.4 Å². The second-order valence-electron chi connectivity index (χ2n) is 10.8. The molecule has 1 fully saturated rings. The van der Waals surface area contributed by atoms with Crippen LogP contribution in [-0.2, 0) is 38.8 Å². The molecule has 0 aliphatic carbocycles. The Kier molecular flexibility index (Phi) is 11.2. The summed E-state index contributed by atoms with van der Waals surface area (Å²) in [6, 6.07) is 23.6. The molecule has 0 radical (unpaired) electrons. The van der Waals surface area contributed by atoms with Gasteiger partial charge in [0, 0.05) is 31.4 Å². The molecule has 3 atom stereocenters. The number of hydroxylamine groups is 1. The van der Waals surface area contributed by atoms with Crippen LogP contribution in [0, 0.1) is 0 Å². The average molecular weight is 654 g/mol. The Morgan fingerprint density at radius 1 is 0.911 bits per heavy atom. The van der Waals surface area contributed by atoms with E-state index in [1.54, 1.807) is 16.4 Å². The topological polar surface area (TPSA) is 135 Å². The summed E-state index contributed by atoms with van der Waals surface area (Å²) in [5.41, 5.74) is 7.14. The molecular formula is C33H34Cl2N4O6. The highest BCUT2D eigenvalue weighted by atomic mass is 35.5. The first-order chi connectivity index (χ1) is 21.8. The molecule has 5 rings (SSSR count). The number of carbonyl (C=O) groups excluding carboxylic acids is 2. The van der Waals surface area contributed by atoms with Gasteiger partial charge >= 0.3 is 0 Å². The lowest BCUT2D eigenvalue weighted by Gasteiger charge is -2.36. The maximum atomic E-state index is 12.2. The first-order valence-corrected chi connectivity index (χ1v) is 15.3. The Balaban J connectivity index is 1.27. The van der Waals surface area contributed by atoms with Crippen molar-refractivity contribution in [1.82, 2.24) is 20.3 Å². The summed E-state index contributed by atoms with van der Waals surface area (Å²) in [7, 11) is 0. The summed E-state index contributed by atoms with van der Waals surface area (Å²) in [5, 5.41) is 21.5. The number of hydrogen-bond donors (Lipinski definition) is 4. The highest BCUT2D eigenvalue weighted by Gasteiger charge is 2.33. The standard InChI is InChI=1S/C33H34Cl2N4O6/c34-31-32(35)39(20-37-31)18-27-16-28(24-9-7-21(19-40)8-10-24)45-33(44-27)25-13-11-23(12-14-25)26-4-1-3-22(15-26)17-36-29(41)5-2-6-30(42)38-43/h1,3-4,7-15,20,27-28,33,40,43H,2,5-6,16-19H2,(H,36,41)(H,38,42). The molecule has 1 aliphatic heterocycles. The summed E-state index contributed by atoms with van der Waals surface area (Å²) in [6.45, 7) is 0.773. The Morgan fingerprint density at radius 2 is 1.64 bits per heavy atom. The largest absolute Gasteiger partial charge is 0.392 e. The smallest absolute Gasteiger partial charge is 0.243 e. The van der Waals surface area contributed by atoms with Crippen LogP contribution in [0.25, 0.3) is 11.1 Å². The van der Waals surface area contributed by atoms with Crippen LogP contribution in [0.4, 0.5) is 0 Å². The quantitative estimate of drug-likeness (QED) is 0.111. The van der Waals surface area contributed by atoms with Gasteiger partial charge in [-0.2, -0.15) is 0 Å². The molecule has 3 aromatic carbocycles. The predicted octanol–water partition coefficient (Wildman–Crippen LogP) is 5.89. The first-order valence-electron chi connectivity index (χ1n) is 14.6. The second kappa shape index (κ2) is 15.5. The molecule has 2 amide bonds. The fourth-order valence-corrected chi connectivity index (χ4v) is 5.48. The van der Waals surface area contributed by atoms with Gasteiger partial charge in [0.05, 0.1) is 31.7 Å². The van der Waals surface area contributed by atoms with Crippen molar-refractivity contribution in [3.05, 3.63) is 112 Å². The summed E-state index contributed by atoms with van der Waals surface area (Å²) in [4.78, 5) is 27.4. The zero-order chi connectivity index (χ0) is 31.8. The summed E-state index contributed by atoms with van der Waals surface area (Å²) in [6.07, 6.45) is 1.67. The van der Waals surface area contributed by atoms with Crippen LogP contribution in [0.1, 0.15) is 60.3 Å². The third-order valence-corrected chi connectivity index (χ3v) is 8.38. The van der Waals surface area contributed by atoms with Crippen molar-refractivity contribution in [2.75, 3.05) is 0 Å². The van der Waals surface area contributed by atoms with E-state index in [1.807, 2.05) is 72.8 Å². The number of rotatable bonds is 12.